The molecule has 0 aliphatic carbocycles. The molecule has 23 nitrogen and oxygen atoms in total. The molecule has 0 radical (unpaired) electrons. The molecule has 0 amide bonds. The number of para-hydroxylation sites is 1. The molecule has 16 heterocycles. The fourth-order valence-corrected chi connectivity index (χ4v) is 20.0. The van der Waals surface area contributed by atoms with Gasteiger partial charge in [-0.15, -0.1) is 0 Å². The molecule has 23 heteroatoms. The fourth-order valence-electron chi connectivity index (χ4n) is 20.0. The van der Waals surface area contributed by atoms with Gasteiger partial charge in [0, 0.05) is 71.7 Å². The Labute approximate surface area is 738 Å². The van der Waals surface area contributed by atoms with Crippen molar-refractivity contribution in [2.24, 2.45) is 0 Å². The normalized spacial score (nSPS) is 19.5. The van der Waals surface area contributed by atoms with Gasteiger partial charge in [0.15, 0.2) is 16.8 Å². The van der Waals surface area contributed by atoms with Gasteiger partial charge in [-0.05, 0) is 224 Å². The van der Waals surface area contributed by atoms with Gasteiger partial charge in [-0.2, -0.15) is 0 Å². The first-order valence-corrected chi connectivity index (χ1v) is 44.1. The Balaban J connectivity index is 0.000000119. The number of phenolic OH excluding ortho intramolecular Hbond substituents is 1. The van der Waals surface area contributed by atoms with Gasteiger partial charge in [-0.25, -0.2) is 19.9 Å². The van der Waals surface area contributed by atoms with E-state index in [1.54, 1.807) is 25.8 Å². The lowest BCUT2D eigenvalue weighted by molar-refractivity contribution is -0.150. The lowest BCUT2D eigenvalue weighted by Gasteiger charge is -2.43. The highest BCUT2D eigenvalue weighted by Gasteiger charge is 2.51. The van der Waals surface area contributed by atoms with E-state index in [-0.39, 0.29) is 65.8 Å². The van der Waals surface area contributed by atoms with E-state index in [9.17, 15) is 29.4 Å². The van der Waals surface area contributed by atoms with Crippen LogP contribution in [0.25, 0.3) is 89.2 Å². The number of pyridine rings is 8. The third-order valence-electron chi connectivity index (χ3n) is 25.7. The Kier molecular flexibility index (Phi) is 21.2. The third kappa shape index (κ3) is 14.4. The Morgan fingerprint density at radius 2 is 0.780 bits per heavy atom. The molecule has 0 saturated carbocycles. The van der Waals surface area contributed by atoms with Crippen molar-refractivity contribution in [2.45, 2.75) is 261 Å². The molecule has 8 aliphatic heterocycles. The van der Waals surface area contributed by atoms with Crippen LogP contribution in [0.2, 0.25) is 0 Å². The molecule has 4 N–H and O–H groups in total. The van der Waals surface area contributed by atoms with Gasteiger partial charge in [-0.1, -0.05) is 92.1 Å². The predicted octanol–water partition coefficient (Wildman–Crippen LogP) is 19.3. The first-order chi connectivity index (χ1) is 60.0. The van der Waals surface area contributed by atoms with Crippen LogP contribution in [0.3, 0.4) is 0 Å². The average molecular weight is 1710 g/mol. The molecule has 20 rings (SSSR count). The Morgan fingerprint density at radius 1 is 0.402 bits per heavy atom. The van der Waals surface area contributed by atoms with Crippen molar-refractivity contribution in [1.82, 2.24) is 38.2 Å². The van der Waals surface area contributed by atoms with Crippen LogP contribution in [-0.2, 0) is 121 Å². The Bertz CT molecular complexity index is 7000. The summed E-state index contributed by atoms with van der Waals surface area (Å²) in [7, 11) is 0. The highest BCUT2D eigenvalue weighted by molar-refractivity contribution is 5.94. The predicted molar refractivity (Wildman–Crippen MR) is 496 cm³/mol. The molecule has 0 bridgehead atoms. The quantitative estimate of drug-likeness (QED) is 0.107. The number of hydrogen-bond acceptors (Lipinski definition) is 19. The molecule has 8 aliphatic rings. The summed E-state index contributed by atoms with van der Waals surface area (Å²) in [5, 5.41) is 25.3. The zero-order valence-electron chi connectivity index (χ0n) is 76.1. The zero-order chi connectivity index (χ0) is 90.8. The summed E-state index contributed by atoms with van der Waals surface area (Å²) in [5.41, 5.74) is 22.7. The van der Waals surface area contributed by atoms with Crippen LogP contribution < -0.4 is 32.7 Å². The summed E-state index contributed by atoms with van der Waals surface area (Å²) in [4.78, 5) is 74.0. The maximum Gasteiger partial charge on any atom is 0.258 e. The van der Waals surface area contributed by atoms with Gasteiger partial charge >= 0.3 is 0 Å². The molecule has 8 aromatic heterocycles. The van der Waals surface area contributed by atoms with Crippen LogP contribution >= 0.6 is 0 Å². The second-order valence-electron chi connectivity index (χ2n) is 38.2. The topological polar surface area (TPSA) is 280 Å². The van der Waals surface area contributed by atoms with Crippen molar-refractivity contribution >= 4 is 49.3 Å². The maximum absolute atomic E-state index is 13.7. The van der Waals surface area contributed by atoms with Gasteiger partial charge in [0.25, 0.3) is 22.2 Å². The van der Waals surface area contributed by atoms with E-state index < -0.39 is 39.2 Å². The van der Waals surface area contributed by atoms with Crippen molar-refractivity contribution < 1.29 is 48.1 Å². The van der Waals surface area contributed by atoms with Crippen molar-refractivity contribution in [1.29, 1.82) is 0 Å². The van der Waals surface area contributed by atoms with E-state index >= 15 is 0 Å². The van der Waals surface area contributed by atoms with Gasteiger partial charge in [-0.3, -0.25) is 19.2 Å². The number of rotatable bonds is 10. The lowest BCUT2D eigenvalue weighted by Crippen LogP contribution is -2.44. The van der Waals surface area contributed by atoms with Crippen LogP contribution in [0, 0.1) is 0 Å². The highest BCUT2D eigenvalue weighted by atomic mass is 16.6. The van der Waals surface area contributed by atoms with Crippen molar-refractivity contribution in [3.05, 3.63) is 284 Å². The first kappa shape index (κ1) is 86.8. The Hall–Kier alpha value is -12.3. The Morgan fingerprint density at radius 3 is 1.22 bits per heavy atom. The molecule has 0 saturated heterocycles. The first-order valence-electron chi connectivity index (χ1n) is 44.1. The van der Waals surface area contributed by atoms with E-state index in [2.05, 4.69) is 76.6 Å². The summed E-state index contributed by atoms with van der Waals surface area (Å²) in [6.45, 7) is 55.3. The molecular formula is C104H113N9O14. The van der Waals surface area contributed by atoms with Crippen molar-refractivity contribution in [3.8, 4) is 57.1 Å². The summed E-state index contributed by atoms with van der Waals surface area (Å²) in [5.74, 6) is 2.93. The summed E-state index contributed by atoms with van der Waals surface area (Å²) >= 11 is 0. The van der Waals surface area contributed by atoms with Gasteiger partial charge in [0.1, 0.15) is 72.2 Å². The van der Waals surface area contributed by atoms with Crippen LogP contribution in [0.4, 0.5) is 5.69 Å². The molecule has 0 spiro atoms. The second kappa shape index (κ2) is 31.0. The van der Waals surface area contributed by atoms with E-state index in [1.165, 1.54) is 5.56 Å². The number of aromatic hydroxyl groups is 1. The number of aryl methyl sites for hydroxylation is 2. The van der Waals surface area contributed by atoms with Crippen LogP contribution in [0.1, 0.15) is 228 Å². The number of fused-ring (bicyclic) bond motifs is 20. The van der Waals surface area contributed by atoms with Crippen LogP contribution in [0.15, 0.2) is 184 Å². The molecular weight excluding hydrogens is 1600 g/mol. The molecule has 12 aromatic rings. The number of aromatic nitrogens is 8. The monoisotopic (exact) mass is 1710 g/mol. The number of nitrogen functional groups attached to an aromatic ring is 1. The minimum atomic E-state index is -1.38. The maximum atomic E-state index is 13.7. The number of nitrogens with two attached hydrogens (primary N) is 1. The number of phenols is 1. The SMILES string of the molecule is C=C1OCc2c(cc3n(c2=O)Cc2c-3nc3ccc(O)cc3c2CC)[C@]1(CC)OC(C)(C)C.C=C1OCc2c(cc3n(c2=O)Cc2c-3nc3ccc(OC(C)(C)C)cc3c2CC)[C@@]1(O)CC.C=C1OCc2c(cc3n(c2=O)Cc2cc4c(N)cccc4nc2-3)[C@]1(CC)OC(C)(C)C.C=C1OCc2c(cc3n(c2=O)Cc2cc4ccccc4nc2-3)[C@]1(CC)OC(C)(C)C. The second-order valence-corrected chi connectivity index (χ2v) is 38.2. The fraction of sp³-hybridized carbons (Fsp3) is 0.385. The number of anilines is 1. The smallest absolute Gasteiger partial charge is 0.258 e. The number of hydrogen-bond donors (Lipinski definition) is 3. The largest absolute Gasteiger partial charge is 0.508 e. The third-order valence-corrected chi connectivity index (χ3v) is 25.7. The van der Waals surface area contributed by atoms with Gasteiger partial charge < -0.3 is 72.1 Å². The van der Waals surface area contributed by atoms with Gasteiger partial charge in [0.05, 0.1) is 133 Å². The molecule has 0 fully saturated rings. The number of ether oxygens (including phenoxy) is 8. The molecule has 4 aromatic carbocycles. The average Bonchev–Trinajstić information content (AvgIpc) is 1.61. The zero-order valence-corrected chi connectivity index (χ0v) is 76.1. The standard InChI is InChI=1S/2C27H30N2O4.C25H27N3O3.C25H26N2O3/c1-7-17-18-11-16(33-26(4,5)6)9-10-22(18)28-24-19(17)13-29-23(24)12-21-20(25(29)30)14-32-15(3)27(21,31)8-2;1-7-17-18-11-16(30)9-10-22(18)28-24-19(17)13-29-23(24)12-21-20(25(29)31)14-32-15(3)27(21,8-2)33-26(4,5)6;1-6-25(31-24(3,4)5)14(2)30-13-17-18(25)11-21-22-15(12-28(21)23(17)29)10-16-19(26)8-7-9-20(16)27-22;1-6-25(30-24(3,4)5)15(2)29-14-18-19(25)12-21-22-17(13-27(21)23(18)28)11-16-9-7-8-10-20(16)26-22/h9-12,31H,3,7-8,13-14H2,1-2,4-6H3;9-12,30H,3,7-8,13-14H2,1-2,4-6H3;7-11H,2,6,12-13,26H2,1,3-5H3;7-12H,2,6,13-14H2,1,3-5H3/t2*27-;2*25-/m1111/s1. The summed E-state index contributed by atoms with van der Waals surface area (Å²) < 4.78 is 56.2. The minimum absolute atomic E-state index is 0.0348. The summed E-state index contributed by atoms with van der Waals surface area (Å²) in [6, 6.07) is 37.3. The van der Waals surface area contributed by atoms with Crippen LogP contribution in [0.5, 0.6) is 11.5 Å². The van der Waals surface area contributed by atoms with E-state index in [4.69, 9.17) is 63.6 Å². The lowest BCUT2D eigenvalue weighted by atomic mass is 9.83. The van der Waals surface area contributed by atoms with E-state index in [0.29, 0.717) is 103 Å². The molecule has 0 unspecified atom stereocenters. The number of benzene rings is 4. The molecule has 4 atom stereocenters. The van der Waals surface area contributed by atoms with E-state index in [1.807, 2.05) is 182 Å². The number of nitrogens with zero attached hydrogens (tertiary/aromatic N) is 8. The highest BCUT2D eigenvalue weighted by Crippen LogP contribution is 2.52. The van der Waals surface area contributed by atoms with Gasteiger partial charge in [0.2, 0.25) is 0 Å². The minimum Gasteiger partial charge on any atom is -0.508 e. The molecule has 658 valence electrons. The van der Waals surface area contributed by atoms with Crippen molar-refractivity contribution in [2.75, 3.05) is 5.73 Å². The number of aliphatic hydroxyl groups is 1. The van der Waals surface area contributed by atoms with E-state index in [0.717, 1.165) is 152 Å². The van der Waals surface area contributed by atoms with Crippen LogP contribution in [-0.4, -0.2) is 70.8 Å². The summed E-state index contributed by atoms with van der Waals surface area (Å²) in [6.07, 6.45) is 3.78. The van der Waals surface area contributed by atoms with Crippen molar-refractivity contribution in [3.63, 3.8) is 0 Å². The molecule has 127 heavy (non-hydrogen) atoms.